The van der Waals surface area contributed by atoms with Gasteiger partial charge in [0.05, 0.1) is 0 Å². The average molecular weight is 261 g/mol. The smallest absolute Gasteiger partial charge is 0.248 e. The van der Waals surface area contributed by atoms with Crippen LogP contribution in [0.4, 0.5) is 0 Å². The average Bonchev–Trinajstić information content (AvgIpc) is 3.22. The lowest BCUT2D eigenvalue weighted by molar-refractivity contribution is -0.122. The molecule has 0 radical (unpaired) electrons. The highest BCUT2D eigenvalue weighted by Gasteiger charge is 2.28. The van der Waals surface area contributed by atoms with Crippen LogP contribution in [-0.4, -0.2) is 24.9 Å². The summed E-state index contributed by atoms with van der Waals surface area (Å²) in [7, 11) is 0. The molecule has 1 aromatic carbocycles. The van der Waals surface area contributed by atoms with Crippen LogP contribution in [0.3, 0.4) is 0 Å². The van der Waals surface area contributed by atoms with Crippen molar-refractivity contribution in [3.8, 4) is 0 Å². The zero-order valence-corrected chi connectivity index (χ0v) is 10.8. The highest BCUT2D eigenvalue weighted by Crippen LogP contribution is 2.28. The van der Waals surface area contributed by atoms with Gasteiger partial charge in [0.2, 0.25) is 11.8 Å². The van der Waals surface area contributed by atoms with E-state index in [2.05, 4.69) is 10.6 Å². The Morgan fingerprint density at radius 2 is 2.05 bits per heavy atom. The molecule has 1 saturated carbocycles. The number of carbonyl (C=O) groups is 2. The van der Waals surface area contributed by atoms with Crippen LogP contribution in [0.2, 0.25) is 0 Å². The number of benzene rings is 1. The van der Waals surface area contributed by atoms with Crippen LogP contribution in [0.25, 0.3) is 0 Å². The van der Waals surface area contributed by atoms with E-state index in [1.807, 2.05) is 12.1 Å². The van der Waals surface area contributed by atoms with Crippen molar-refractivity contribution in [1.29, 1.82) is 0 Å². The van der Waals surface area contributed by atoms with E-state index < -0.39 is 5.91 Å². The van der Waals surface area contributed by atoms with E-state index in [4.69, 9.17) is 5.73 Å². The third kappa shape index (κ3) is 4.37. The van der Waals surface area contributed by atoms with Crippen molar-refractivity contribution >= 4 is 11.8 Å². The van der Waals surface area contributed by atoms with E-state index in [1.165, 1.54) is 0 Å². The number of nitrogens with two attached hydrogens (primary N) is 1. The molecule has 0 unspecified atom stereocenters. The first kappa shape index (κ1) is 13.5. The quantitative estimate of drug-likeness (QED) is 0.621. The molecule has 5 heteroatoms. The molecule has 1 aliphatic rings. The summed E-state index contributed by atoms with van der Waals surface area (Å²) >= 11 is 0. The molecule has 0 saturated heterocycles. The molecular weight excluding hydrogens is 242 g/mol. The highest BCUT2D eigenvalue weighted by molar-refractivity contribution is 5.92. The minimum Gasteiger partial charge on any atom is -0.366 e. The highest BCUT2D eigenvalue weighted by atomic mass is 16.2. The topological polar surface area (TPSA) is 84.2 Å². The molecule has 0 atom stereocenters. The van der Waals surface area contributed by atoms with Gasteiger partial charge in [0.15, 0.2) is 0 Å². The number of amides is 2. The first-order chi connectivity index (χ1) is 9.16. The maximum absolute atomic E-state index is 11.4. The van der Waals surface area contributed by atoms with Crippen molar-refractivity contribution in [2.75, 3.05) is 13.1 Å². The molecule has 2 rings (SSSR count). The molecule has 0 aromatic heterocycles. The van der Waals surface area contributed by atoms with Gasteiger partial charge in [-0.3, -0.25) is 9.59 Å². The van der Waals surface area contributed by atoms with Crippen molar-refractivity contribution in [1.82, 2.24) is 10.6 Å². The van der Waals surface area contributed by atoms with Gasteiger partial charge < -0.3 is 16.4 Å². The van der Waals surface area contributed by atoms with E-state index in [0.29, 0.717) is 25.2 Å². The van der Waals surface area contributed by atoms with Crippen LogP contribution in [0.5, 0.6) is 0 Å². The summed E-state index contributed by atoms with van der Waals surface area (Å²) in [6.45, 7) is 1.99. The van der Waals surface area contributed by atoms with Crippen LogP contribution >= 0.6 is 0 Å². The Morgan fingerprint density at radius 1 is 1.26 bits per heavy atom. The minimum atomic E-state index is -0.418. The van der Waals surface area contributed by atoms with Gasteiger partial charge in [-0.05, 0) is 30.5 Å². The minimum absolute atomic E-state index is 0.164. The van der Waals surface area contributed by atoms with Crippen LogP contribution in [0, 0.1) is 5.92 Å². The van der Waals surface area contributed by atoms with Crippen molar-refractivity contribution in [2.45, 2.75) is 19.4 Å². The van der Waals surface area contributed by atoms with Crippen molar-refractivity contribution in [2.24, 2.45) is 11.7 Å². The fourth-order valence-electron chi connectivity index (χ4n) is 1.83. The first-order valence-corrected chi connectivity index (χ1v) is 6.54. The van der Waals surface area contributed by atoms with Crippen LogP contribution in [0.1, 0.15) is 28.8 Å². The zero-order chi connectivity index (χ0) is 13.7. The van der Waals surface area contributed by atoms with Crippen LogP contribution < -0.4 is 16.4 Å². The van der Waals surface area contributed by atoms with Crippen molar-refractivity contribution < 1.29 is 9.59 Å². The van der Waals surface area contributed by atoms with Gasteiger partial charge in [-0.1, -0.05) is 12.1 Å². The van der Waals surface area contributed by atoms with Gasteiger partial charge in [0.1, 0.15) is 0 Å². The molecule has 4 N–H and O–H groups in total. The molecule has 0 bridgehead atoms. The van der Waals surface area contributed by atoms with E-state index in [1.54, 1.807) is 12.1 Å². The second-order valence-electron chi connectivity index (χ2n) is 4.81. The van der Waals surface area contributed by atoms with Crippen LogP contribution in [0.15, 0.2) is 24.3 Å². The lowest BCUT2D eigenvalue weighted by atomic mass is 10.1. The molecule has 102 valence electrons. The number of hydrogen-bond donors (Lipinski definition) is 3. The third-order valence-electron chi connectivity index (χ3n) is 3.09. The SMILES string of the molecule is NC(=O)c1cccc(CNCCNC(=O)C2CC2)c1. The van der Waals surface area contributed by atoms with Gasteiger partial charge in [-0.15, -0.1) is 0 Å². The fraction of sp³-hybridized carbons (Fsp3) is 0.429. The van der Waals surface area contributed by atoms with E-state index in [0.717, 1.165) is 18.4 Å². The predicted molar refractivity (Wildman–Crippen MR) is 72.4 cm³/mol. The van der Waals surface area contributed by atoms with E-state index in [9.17, 15) is 9.59 Å². The molecule has 1 aromatic rings. The van der Waals surface area contributed by atoms with E-state index >= 15 is 0 Å². The fourth-order valence-corrected chi connectivity index (χ4v) is 1.83. The Bertz CT molecular complexity index is 470. The maximum atomic E-state index is 11.4. The van der Waals surface area contributed by atoms with Gasteiger partial charge in [0.25, 0.3) is 0 Å². The van der Waals surface area contributed by atoms with Gasteiger partial charge in [-0.2, -0.15) is 0 Å². The van der Waals surface area contributed by atoms with Crippen LogP contribution in [-0.2, 0) is 11.3 Å². The molecule has 1 fully saturated rings. The number of hydrogen-bond acceptors (Lipinski definition) is 3. The molecule has 2 amide bonds. The largest absolute Gasteiger partial charge is 0.366 e. The van der Waals surface area contributed by atoms with Gasteiger partial charge in [-0.25, -0.2) is 0 Å². The molecular formula is C14H19N3O2. The Morgan fingerprint density at radius 3 is 2.74 bits per heavy atom. The molecule has 1 aliphatic carbocycles. The van der Waals surface area contributed by atoms with E-state index in [-0.39, 0.29) is 11.8 Å². The van der Waals surface area contributed by atoms with Gasteiger partial charge in [0, 0.05) is 31.1 Å². The lowest BCUT2D eigenvalue weighted by Gasteiger charge is -2.07. The maximum Gasteiger partial charge on any atom is 0.248 e. The van der Waals surface area contributed by atoms with Gasteiger partial charge >= 0.3 is 0 Å². The normalized spacial score (nSPS) is 14.1. The first-order valence-electron chi connectivity index (χ1n) is 6.54. The summed E-state index contributed by atoms with van der Waals surface area (Å²) in [6, 6.07) is 7.22. The second kappa shape index (κ2) is 6.33. The Labute approximate surface area is 112 Å². The van der Waals surface area contributed by atoms with Crippen molar-refractivity contribution in [3.63, 3.8) is 0 Å². The number of nitrogens with one attached hydrogen (secondary N) is 2. The molecule has 0 aliphatic heterocycles. The third-order valence-corrected chi connectivity index (χ3v) is 3.09. The lowest BCUT2D eigenvalue weighted by Crippen LogP contribution is -2.32. The summed E-state index contributed by atoms with van der Waals surface area (Å²) in [5.74, 6) is 0.00307. The number of carbonyl (C=O) groups excluding carboxylic acids is 2. The summed E-state index contributed by atoms with van der Waals surface area (Å²) in [5.41, 5.74) is 6.74. The second-order valence-corrected chi connectivity index (χ2v) is 4.81. The monoisotopic (exact) mass is 261 g/mol. The molecule has 0 heterocycles. The standard InChI is InChI=1S/C14H19N3O2/c15-13(18)12-3-1-2-10(8-12)9-16-6-7-17-14(19)11-4-5-11/h1-3,8,11,16H,4-7,9H2,(H2,15,18)(H,17,19). The zero-order valence-electron chi connectivity index (χ0n) is 10.8. The molecule has 19 heavy (non-hydrogen) atoms. The van der Waals surface area contributed by atoms with Crippen molar-refractivity contribution in [3.05, 3.63) is 35.4 Å². The Hall–Kier alpha value is -1.88. The summed E-state index contributed by atoms with van der Waals surface area (Å²) in [6.07, 6.45) is 2.05. The number of primary amides is 1. The Kier molecular flexibility index (Phi) is 4.52. The number of rotatable bonds is 7. The molecule has 0 spiro atoms. The Balaban J connectivity index is 1.66. The summed E-state index contributed by atoms with van der Waals surface area (Å²) in [4.78, 5) is 22.4. The molecule has 5 nitrogen and oxygen atoms in total. The summed E-state index contributed by atoms with van der Waals surface area (Å²) < 4.78 is 0. The summed E-state index contributed by atoms with van der Waals surface area (Å²) in [5, 5.41) is 6.10. The predicted octanol–water partition coefficient (Wildman–Crippen LogP) is 0.401.